The van der Waals surface area contributed by atoms with Gasteiger partial charge in [-0.2, -0.15) is 0 Å². The Labute approximate surface area is 113 Å². The maximum absolute atomic E-state index is 11.4. The fraction of sp³-hybridized carbons (Fsp3) is 0.250. The van der Waals surface area contributed by atoms with Crippen LogP contribution in [-0.4, -0.2) is 39.5 Å². The Kier molecular flexibility index (Phi) is 4.06. The van der Waals surface area contributed by atoms with E-state index in [1.807, 2.05) is 24.3 Å². The van der Waals surface area contributed by atoms with Gasteiger partial charge in [0.05, 0.1) is 23.9 Å². The summed E-state index contributed by atoms with van der Waals surface area (Å²) in [5.41, 5.74) is 1.50. The predicted molar refractivity (Wildman–Crippen MR) is 70.1 cm³/mol. The van der Waals surface area contributed by atoms with Gasteiger partial charge in [0, 0.05) is 0 Å². The van der Waals surface area contributed by atoms with Crippen LogP contribution in [0.4, 0.5) is 0 Å². The number of aliphatic carboxylic acids is 1. The zero-order valence-electron chi connectivity index (χ0n) is 10.2. The van der Waals surface area contributed by atoms with Crippen molar-refractivity contribution >= 4 is 34.7 Å². The standard InChI is InChI=1S/C12H12N2O4S/c1-18-11(17)6-14-9-5-3-2-4-8(9)13-12(14)19-7-10(15)16/h2-5H,6-7H2,1H3,(H,15,16). The number of carbonyl (C=O) groups is 2. The van der Waals surface area contributed by atoms with Crippen molar-refractivity contribution in [3.8, 4) is 0 Å². The molecule has 0 aliphatic carbocycles. The molecule has 1 N–H and O–H groups in total. The van der Waals surface area contributed by atoms with E-state index in [1.165, 1.54) is 7.11 Å². The topological polar surface area (TPSA) is 81.4 Å². The largest absolute Gasteiger partial charge is 0.481 e. The molecule has 2 aromatic rings. The summed E-state index contributed by atoms with van der Waals surface area (Å²) in [6.45, 7) is 0.0129. The van der Waals surface area contributed by atoms with Gasteiger partial charge in [-0.25, -0.2) is 4.98 Å². The number of carbonyl (C=O) groups excluding carboxylic acids is 1. The molecule has 1 heterocycles. The van der Waals surface area contributed by atoms with Gasteiger partial charge in [-0.05, 0) is 12.1 Å². The molecule has 2 rings (SSSR count). The smallest absolute Gasteiger partial charge is 0.325 e. The van der Waals surface area contributed by atoms with Crippen molar-refractivity contribution in [1.29, 1.82) is 0 Å². The van der Waals surface area contributed by atoms with Crippen LogP contribution in [0.25, 0.3) is 11.0 Å². The molecule has 0 saturated heterocycles. The Morgan fingerprint density at radius 2 is 2.16 bits per heavy atom. The van der Waals surface area contributed by atoms with E-state index in [0.717, 1.165) is 22.8 Å². The highest BCUT2D eigenvalue weighted by Gasteiger charge is 2.15. The zero-order chi connectivity index (χ0) is 13.8. The van der Waals surface area contributed by atoms with Gasteiger partial charge < -0.3 is 14.4 Å². The monoisotopic (exact) mass is 280 g/mol. The number of nitrogens with zero attached hydrogens (tertiary/aromatic N) is 2. The van der Waals surface area contributed by atoms with Crippen LogP contribution in [0.15, 0.2) is 29.4 Å². The molecule has 7 heteroatoms. The number of hydrogen-bond donors (Lipinski definition) is 1. The second-order valence-corrected chi connectivity index (χ2v) is 4.67. The number of ether oxygens (including phenoxy) is 1. The molecule has 0 saturated carbocycles. The minimum atomic E-state index is -0.929. The summed E-state index contributed by atoms with van der Waals surface area (Å²) in [4.78, 5) is 26.4. The number of aromatic nitrogens is 2. The molecular weight excluding hydrogens is 268 g/mol. The molecule has 0 aliphatic rings. The Morgan fingerprint density at radius 3 is 2.84 bits per heavy atom. The molecule has 0 spiro atoms. The number of hydrogen-bond acceptors (Lipinski definition) is 5. The van der Waals surface area contributed by atoms with Crippen molar-refractivity contribution in [3.05, 3.63) is 24.3 Å². The molecule has 0 radical (unpaired) electrons. The Morgan fingerprint density at radius 1 is 1.42 bits per heavy atom. The quantitative estimate of drug-likeness (QED) is 0.658. The molecule has 0 atom stereocenters. The van der Waals surface area contributed by atoms with E-state index in [2.05, 4.69) is 9.72 Å². The Bertz CT molecular complexity index is 623. The van der Waals surface area contributed by atoms with Crippen molar-refractivity contribution < 1.29 is 19.4 Å². The summed E-state index contributed by atoms with van der Waals surface area (Å²) < 4.78 is 6.30. The Hall–Kier alpha value is -2.02. The molecule has 0 aliphatic heterocycles. The number of carboxylic acid groups (broad SMARTS) is 1. The maximum Gasteiger partial charge on any atom is 0.325 e. The van der Waals surface area contributed by atoms with Gasteiger partial charge in [0.25, 0.3) is 0 Å². The lowest BCUT2D eigenvalue weighted by Gasteiger charge is -2.06. The number of rotatable bonds is 5. The SMILES string of the molecule is COC(=O)Cn1c(SCC(=O)O)nc2ccccc21. The summed E-state index contributed by atoms with van der Waals surface area (Å²) in [7, 11) is 1.31. The van der Waals surface area contributed by atoms with Crippen LogP contribution in [0.3, 0.4) is 0 Å². The van der Waals surface area contributed by atoms with Crippen LogP contribution in [-0.2, 0) is 20.9 Å². The van der Waals surface area contributed by atoms with Crippen molar-refractivity contribution in [2.45, 2.75) is 11.7 Å². The van der Waals surface area contributed by atoms with Crippen molar-refractivity contribution in [2.75, 3.05) is 12.9 Å². The first kappa shape index (κ1) is 13.4. The summed E-state index contributed by atoms with van der Waals surface area (Å²) in [6.07, 6.45) is 0. The van der Waals surface area contributed by atoms with E-state index in [0.29, 0.717) is 5.16 Å². The van der Waals surface area contributed by atoms with Crippen LogP contribution < -0.4 is 0 Å². The first-order valence-electron chi connectivity index (χ1n) is 5.48. The number of esters is 1. The van der Waals surface area contributed by atoms with E-state index in [9.17, 15) is 9.59 Å². The summed E-state index contributed by atoms with van der Waals surface area (Å²) in [5.74, 6) is -1.44. The van der Waals surface area contributed by atoms with Crippen molar-refractivity contribution in [2.24, 2.45) is 0 Å². The molecule has 0 fully saturated rings. The van der Waals surface area contributed by atoms with Crippen LogP contribution in [0, 0.1) is 0 Å². The maximum atomic E-state index is 11.4. The van der Waals surface area contributed by atoms with E-state index >= 15 is 0 Å². The fourth-order valence-corrected chi connectivity index (χ4v) is 2.37. The average molecular weight is 280 g/mol. The molecule has 0 amide bonds. The minimum absolute atomic E-state index is 0.0129. The summed E-state index contributed by atoms with van der Waals surface area (Å²) >= 11 is 1.08. The molecule has 19 heavy (non-hydrogen) atoms. The van der Waals surface area contributed by atoms with Crippen LogP contribution >= 0.6 is 11.8 Å². The second kappa shape index (κ2) is 5.75. The number of benzene rings is 1. The third-order valence-corrected chi connectivity index (χ3v) is 3.42. The van der Waals surface area contributed by atoms with Gasteiger partial charge in [-0.1, -0.05) is 23.9 Å². The van der Waals surface area contributed by atoms with Crippen LogP contribution in [0.2, 0.25) is 0 Å². The Balaban J connectivity index is 2.39. The van der Waals surface area contributed by atoms with E-state index in [4.69, 9.17) is 5.11 Å². The molecule has 0 bridgehead atoms. The third-order valence-electron chi connectivity index (χ3n) is 2.46. The van der Waals surface area contributed by atoms with Crippen molar-refractivity contribution in [1.82, 2.24) is 9.55 Å². The number of para-hydroxylation sites is 2. The third kappa shape index (κ3) is 3.05. The van der Waals surface area contributed by atoms with E-state index in [-0.39, 0.29) is 12.3 Å². The number of thioether (sulfide) groups is 1. The zero-order valence-corrected chi connectivity index (χ0v) is 11.0. The average Bonchev–Trinajstić information content (AvgIpc) is 2.74. The molecule has 1 aromatic heterocycles. The predicted octanol–water partition coefficient (Wildman–Crippen LogP) is 1.39. The molecular formula is C12H12N2O4S. The lowest BCUT2D eigenvalue weighted by atomic mass is 10.3. The van der Waals surface area contributed by atoms with Gasteiger partial charge in [0.2, 0.25) is 0 Å². The van der Waals surface area contributed by atoms with E-state index < -0.39 is 11.9 Å². The fourth-order valence-electron chi connectivity index (χ4n) is 1.64. The highest BCUT2D eigenvalue weighted by Crippen LogP contribution is 2.23. The number of methoxy groups -OCH3 is 1. The van der Waals surface area contributed by atoms with Crippen LogP contribution in [0.1, 0.15) is 0 Å². The van der Waals surface area contributed by atoms with Gasteiger partial charge in [-0.15, -0.1) is 0 Å². The number of fused-ring (bicyclic) bond motifs is 1. The van der Waals surface area contributed by atoms with Gasteiger partial charge in [0.15, 0.2) is 5.16 Å². The summed E-state index contributed by atoms with van der Waals surface area (Å²) in [6, 6.07) is 7.32. The van der Waals surface area contributed by atoms with Crippen LogP contribution in [0.5, 0.6) is 0 Å². The number of imidazole rings is 1. The molecule has 0 unspecified atom stereocenters. The van der Waals surface area contributed by atoms with Crippen molar-refractivity contribution in [3.63, 3.8) is 0 Å². The minimum Gasteiger partial charge on any atom is -0.481 e. The van der Waals surface area contributed by atoms with Gasteiger partial charge in [0.1, 0.15) is 6.54 Å². The highest BCUT2D eigenvalue weighted by molar-refractivity contribution is 7.99. The number of carboxylic acids is 1. The lowest BCUT2D eigenvalue weighted by molar-refractivity contribution is -0.141. The van der Waals surface area contributed by atoms with E-state index in [1.54, 1.807) is 4.57 Å². The molecule has 6 nitrogen and oxygen atoms in total. The lowest BCUT2D eigenvalue weighted by Crippen LogP contribution is -2.12. The normalized spacial score (nSPS) is 10.6. The highest BCUT2D eigenvalue weighted by atomic mass is 32.2. The first-order valence-corrected chi connectivity index (χ1v) is 6.47. The molecule has 1 aromatic carbocycles. The second-order valence-electron chi connectivity index (χ2n) is 3.73. The summed E-state index contributed by atoms with van der Waals surface area (Å²) in [5, 5.41) is 9.21. The van der Waals surface area contributed by atoms with Gasteiger partial charge >= 0.3 is 11.9 Å². The first-order chi connectivity index (χ1) is 9.11. The van der Waals surface area contributed by atoms with Gasteiger partial charge in [-0.3, -0.25) is 9.59 Å². The molecule has 100 valence electrons.